The second-order valence-electron chi connectivity index (χ2n) is 17.4. The third kappa shape index (κ3) is 45.5. The van der Waals surface area contributed by atoms with Crippen LogP contribution in [0.3, 0.4) is 0 Å². The molecule has 0 saturated heterocycles. The van der Waals surface area contributed by atoms with Gasteiger partial charge in [0.05, 0.1) is 39.9 Å². The number of nitrogens with one attached hydrogen (secondary N) is 1. The molecule has 0 saturated carbocycles. The number of carbonyl (C=O) groups is 1. The number of nitrogens with zero attached hydrogens (tertiary/aromatic N) is 1. The second kappa shape index (κ2) is 43.0. The van der Waals surface area contributed by atoms with Gasteiger partial charge in [-0.1, -0.05) is 195 Å². The standard InChI is InChI=1S/C52H93N2O6P/c1-6-8-10-12-14-16-18-19-20-21-22-23-24-25-26-27-28-29-30-31-32-33-34-35-36-38-40-42-44-46-52(56)53-50(49-60-61(57,58)59-48-47-54(3,4)5)51(55)45-43-41-39-37-17-15-13-11-9-7-2/h8,10,14,16,19-20,22-23,25-26,28-29,43,45,50-51,55H,6-7,9,11-13,15,17-18,21,24,27,30-42,44,46-49H2,1-5H3,(H-,53,56,57,58)/b10-8-,16-14-,20-19-,23-22-,26-25-,29-28-,45-43+. The maximum atomic E-state index is 12.9. The number of aliphatic hydroxyl groups is 1. The number of rotatable bonds is 43. The van der Waals surface area contributed by atoms with Crippen molar-refractivity contribution in [3.05, 3.63) is 85.1 Å². The fourth-order valence-corrected chi connectivity index (χ4v) is 7.23. The minimum atomic E-state index is -4.59. The van der Waals surface area contributed by atoms with Crippen molar-refractivity contribution in [3.8, 4) is 0 Å². The summed E-state index contributed by atoms with van der Waals surface area (Å²) in [5, 5.41) is 13.7. The fourth-order valence-electron chi connectivity index (χ4n) is 6.51. The molecular weight excluding hydrogens is 780 g/mol. The van der Waals surface area contributed by atoms with Crippen LogP contribution in [0.1, 0.15) is 187 Å². The van der Waals surface area contributed by atoms with Gasteiger partial charge in [-0.05, 0) is 70.6 Å². The van der Waals surface area contributed by atoms with E-state index >= 15 is 0 Å². The molecule has 3 unspecified atom stereocenters. The van der Waals surface area contributed by atoms with Gasteiger partial charge in [0.25, 0.3) is 7.82 Å². The van der Waals surface area contributed by atoms with Gasteiger partial charge in [0.1, 0.15) is 13.2 Å². The van der Waals surface area contributed by atoms with Crippen LogP contribution >= 0.6 is 7.82 Å². The molecule has 61 heavy (non-hydrogen) atoms. The second-order valence-corrected chi connectivity index (χ2v) is 18.8. The van der Waals surface area contributed by atoms with Gasteiger partial charge in [0, 0.05) is 6.42 Å². The Labute approximate surface area is 376 Å². The van der Waals surface area contributed by atoms with Crippen LogP contribution in [0.25, 0.3) is 0 Å². The van der Waals surface area contributed by atoms with E-state index in [0.717, 1.165) is 83.5 Å². The van der Waals surface area contributed by atoms with Crippen LogP contribution in [-0.4, -0.2) is 68.5 Å². The first kappa shape index (κ1) is 58.7. The first-order valence-corrected chi connectivity index (χ1v) is 25.9. The Hall–Kier alpha value is -2.32. The number of hydrogen-bond donors (Lipinski definition) is 2. The number of phosphoric ester groups is 1. The summed E-state index contributed by atoms with van der Waals surface area (Å²) in [4.78, 5) is 25.3. The van der Waals surface area contributed by atoms with Crippen molar-refractivity contribution in [2.24, 2.45) is 0 Å². The molecule has 0 aliphatic heterocycles. The zero-order chi connectivity index (χ0) is 45.0. The van der Waals surface area contributed by atoms with E-state index in [9.17, 15) is 19.4 Å². The topological polar surface area (TPSA) is 108 Å². The van der Waals surface area contributed by atoms with E-state index in [1.165, 1.54) is 83.5 Å². The van der Waals surface area contributed by atoms with Crippen molar-refractivity contribution < 1.29 is 32.9 Å². The lowest BCUT2D eigenvalue weighted by Crippen LogP contribution is -2.45. The minimum absolute atomic E-state index is 0.00586. The summed E-state index contributed by atoms with van der Waals surface area (Å²) in [6.07, 6.45) is 59.3. The molecular formula is C52H93N2O6P. The number of unbranched alkanes of at least 4 members (excludes halogenated alkanes) is 18. The summed E-state index contributed by atoms with van der Waals surface area (Å²) in [7, 11) is 1.24. The Balaban J connectivity index is 4.18. The van der Waals surface area contributed by atoms with Crippen LogP contribution in [0.5, 0.6) is 0 Å². The summed E-state index contributed by atoms with van der Waals surface area (Å²) >= 11 is 0. The van der Waals surface area contributed by atoms with Crippen LogP contribution in [0, 0.1) is 0 Å². The molecule has 8 nitrogen and oxygen atoms in total. The number of amides is 1. The number of hydrogen-bond acceptors (Lipinski definition) is 6. The fraction of sp³-hybridized carbons (Fsp3) is 0.712. The first-order valence-electron chi connectivity index (χ1n) is 24.4. The van der Waals surface area contributed by atoms with E-state index in [4.69, 9.17) is 9.05 Å². The van der Waals surface area contributed by atoms with E-state index in [0.29, 0.717) is 17.4 Å². The highest BCUT2D eigenvalue weighted by Gasteiger charge is 2.23. The van der Waals surface area contributed by atoms with Crippen LogP contribution < -0.4 is 10.2 Å². The average Bonchev–Trinajstić information content (AvgIpc) is 3.21. The molecule has 352 valence electrons. The zero-order valence-corrected chi connectivity index (χ0v) is 40.7. The lowest BCUT2D eigenvalue weighted by molar-refractivity contribution is -0.870. The van der Waals surface area contributed by atoms with Gasteiger partial charge in [-0.15, -0.1) is 0 Å². The Bertz CT molecular complexity index is 1260. The van der Waals surface area contributed by atoms with Crippen LogP contribution in [-0.2, 0) is 18.4 Å². The van der Waals surface area contributed by atoms with Crippen molar-refractivity contribution in [1.82, 2.24) is 5.32 Å². The molecule has 0 rings (SSSR count). The average molecular weight is 873 g/mol. The Morgan fingerprint density at radius 3 is 1.46 bits per heavy atom. The van der Waals surface area contributed by atoms with Gasteiger partial charge < -0.3 is 28.8 Å². The number of allylic oxidation sites excluding steroid dienone is 13. The largest absolute Gasteiger partial charge is 0.756 e. The van der Waals surface area contributed by atoms with Crippen molar-refractivity contribution in [2.45, 2.75) is 199 Å². The number of aliphatic hydroxyl groups excluding tert-OH is 1. The van der Waals surface area contributed by atoms with E-state index in [-0.39, 0.29) is 19.1 Å². The minimum Gasteiger partial charge on any atom is -0.756 e. The maximum Gasteiger partial charge on any atom is 0.268 e. The predicted octanol–water partition coefficient (Wildman–Crippen LogP) is 13.5. The predicted molar refractivity (Wildman–Crippen MR) is 260 cm³/mol. The Morgan fingerprint density at radius 1 is 0.590 bits per heavy atom. The normalized spacial score (nSPS) is 14.9. The SMILES string of the molecule is CC/C=C\C/C=C\C/C=C\C/C=C\C/C=C\C/C=C\CCCCCCCCCCCCC(=O)NC(COP(=O)([O-])OCC[N+](C)(C)C)C(O)/C=C/CCCCCCCCCC. The number of quaternary nitrogens is 1. The lowest BCUT2D eigenvalue weighted by Gasteiger charge is -2.29. The molecule has 0 aliphatic rings. The van der Waals surface area contributed by atoms with Crippen LogP contribution in [0.4, 0.5) is 0 Å². The highest BCUT2D eigenvalue weighted by molar-refractivity contribution is 7.45. The molecule has 2 N–H and O–H groups in total. The highest BCUT2D eigenvalue weighted by atomic mass is 31.2. The van der Waals surface area contributed by atoms with Gasteiger partial charge >= 0.3 is 0 Å². The van der Waals surface area contributed by atoms with Gasteiger partial charge in [-0.2, -0.15) is 0 Å². The number of likely N-dealkylation sites (N-methyl/N-ethyl adjacent to an activating group) is 1. The maximum absolute atomic E-state index is 12.9. The zero-order valence-electron chi connectivity index (χ0n) is 39.8. The van der Waals surface area contributed by atoms with Gasteiger partial charge in [0.2, 0.25) is 5.91 Å². The molecule has 9 heteroatoms. The molecule has 0 heterocycles. The molecule has 3 atom stereocenters. The Morgan fingerprint density at radius 2 is 1.00 bits per heavy atom. The van der Waals surface area contributed by atoms with E-state index < -0.39 is 20.0 Å². The molecule has 0 aromatic heterocycles. The summed E-state index contributed by atoms with van der Waals surface area (Å²) < 4.78 is 23.2. The summed E-state index contributed by atoms with van der Waals surface area (Å²) in [6.45, 7) is 4.49. The molecule has 0 spiro atoms. The molecule has 0 aromatic carbocycles. The molecule has 1 amide bonds. The monoisotopic (exact) mass is 873 g/mol. The smallest absolute Gasteiger partial charge is 0.268 e. The molecule has 0 radical (unpaired) electrons. The van der Waals surface area contributed by atoms with Crippen molar-refractivity contribution in [2.75, 3.05) is 40.9 Å². The third-order valence-electron chi connectivity index (χ3n) is 10.4. The van der Waals surface area contributed by atoms with Gasteiger partial charge in [-0.3, -0.25) is 9.36 Å². The quantitative estimate of drug-likeness (QED) is 0.0273. The van der Waals surface area contributed by atoms with Crippen LogP contribution in [0.15, 0.2) is 85.1 Å². The summed E-state index contributed by atoms with van der Waals surface area (Å²) in [6, 6.07) is -0.891. The van der Waals surface area contributed by atoms with Crippen molar-refractivity contribution in [1.29, 1.82) is 0 Å². The summed E-state index contributed by atoms with van der Waals surface area (Å²) in [5.41, 5.74) is 0. The van der Waals surface area contributed by atoms with E-state index in [2.05, 4.69) is 92.1 Å². The number of carbonyl (C=O) groups excluding carboxylic acids is 1. The molecule has 0 fully saturated rings. The van der Waals surface area contributed by atoms with E-state index in [1.54, 1.807) is 6.08 Å². The van der Waals surface area contributed by atoms with E-state index in [1.807, 2.05) is 27.2 Å². The summed E-state index contributed by atoms with van der Waals surface area (Å²) in [5.74, 6) is -0.208. The molecule has 0 aliphatic carbocycles. The highest BCUT2D eigenvalue weighted by Crippen LogP contribution is 2.38. The molecule has 0 aromatic rings. The first-order chi connectivity index (χ1) is 29.5. The third-order valence-corrected chi connectivity index (χ3v) is 11.3. The van der Waals surface area contributed by atoms with Crippen molar-refractivity contribution >= 4 is 13.7 Å². The molecule has 0 bridgehead atoms. The van der Waals surface area contributed by atoms with Gasteiger partial charge in [0.15, 0.2) is 0 Å². The van der Waals surface area contributed by atoms with Gasteiger partial charge in [-0.25, -0.2) is 0 Å². The number of phosphoric acid groups is 1. The Kier molecular flexibility index (Phi) is 41.3. The lowest BCUT2D eigenvalue weighted by atomic mass is 10.0. The van der Waals surface area contributed by atoms with Crippen molar-refractivity contribution in [3.63, 3.8) is 0 Å². The van der Waals surface area contributed by atoms with Crippen LogP contribution in [0.2, 0.25) is 0 Å².